The van der Waals surface area contributed by atoms with E-state index >= 15 is 0 Å². The first-order valence-electron chi connectivity index (χ1n) is 4.87. The molecule has 15 heavy (non-hydrogen) atoms. The van der Waals surface area contributed by atoms with Gasteiger partial charge in [0.05, 0.1) is 0 Å². The van der Waals surface area contributed by atoms with Crippen molar-refractivity contribution in [1.82, 2.24) is 5.32 Å². The highest BCUT2D eigenvalue weighted by atomic mass is 16.5. The Kier molecular flexibility index (Phi) is 4.15. The van der Waals surface area contributed by atoms with Crippen molar-refractivity contribution in [3.63, 3.8) is 0 Å². The number of carbonyl (C=O) groups is 2. The molecule has 84 valence electrons. The predicted octanol–water partition coefficient (Wildman–Crippen LogP) is 1.15. The number of rotatable bonds is 5. The molecule has 0 aromatic rings. The Morgan fingerprint density at radius 2 is 2.20 bits per heavy atom. The molecule has 0 unspecified atom stereocenters. The highest BCUT2D eigenvalue weighted by molar-refractivity contribution is 5.68. The number of aliphatic carboxylic acids is 1. The number of carbonyl (C=O) groups excluding carboxylic acids is 1. The fraction of sp³-hybridized carbons (Fsp3) is 0.600. The van der Waals surface area contributed by atoms with Crippen LogP contribution in [0.25, 0.3) is 0 Å². The summed E-state index contributed by atoms with van der Waals surface area (Å²) < 4.78 is 4.73. The van der Waals surface area contributed by atoms with Crippen molar-refractivity contribution in [2.45, 2.75) is 25.3 Å². The molecule has 0 aliphatic heterocycles. The Labute approximate surface area is 88.1 Å². The van der Waals surface area contributed by atoms with Crippen LogP contribution in [0.1, 0.15) is 19.3 Å². The maximum atomic E-state index is 11.0. The van der Waals surface area contributed by atoms with E-state index in [4.69, 9.17) is 9.84 Å². The molecule has 0 heterocycles. The summed E-state index contributed by atoms with van der Waals surface area (Å²) in [4.78, 5) is 21.4. The van der Waals surface area contributed by atoms with E-state index in [9.17, 15) is 9.59 Å². The molecule has 1 saturated carbocycles. The lowest BCUT2D eigenvalue weighted by Gasteiger charge is -2.34. The van der Waals surface area contributed by atoms with Gasteiger partial charge in [-0.15, -0.1) is 0 Å². The van der Waals surface area contributed by atoms with E-state index in [1.807, 2.05) is 0 Å². The molecule has 2 N–H and O–H groups in total. The highest BCUT2D eigenvalue weighted by Gasteiger charge is 2.31. The second-order valence-corrected chi connectivity index (χ2v) is 3.66. The average molecular weight is 213 g/mol. The lowest BCUT2D eigenvalue weighted by atomic mass is 9.78. The first-order valence-corrected chi connectivity index (χ1v) is 4.87. The first kappa shape index (κ1) is 11.6. The third-order valence-electron chi connectivity index (χ3n) is 2.35. The van der Waals surface area contributed by atoms with Gasteiger partial charge >= 0.3 is 12.1 Å². The van der Waals surface area contributed by atoms with Gasteiger partial charge in [-0.3, -0.25) is 4.79 Å². The predicted molar refractivity (Wildman–Crippen MR) is 53.4 cm³/mol. The van der Waals surface area contributed by atoms with Gasteiger partial charge in [0.1, 0.15) is 6.61 Å². The van der Waals surface area contributed by atoms with Crippen molar-refractivity contribution in [3.8, 4) is 0 Å². The molecule has 0 aromatic heterocycles. The number of nitrogens with one attached hydrogen (secondary N) is 1. The number of hydrogen-bond acceptors (Lipinski definition) is 3. The van der Waals surface area contributed by atoms with Gasteiger partial charge < -0.3 is 15.2 Å². The highest BCUT2D eigenvalue weighted by Crippen LogP contribution is 2.30. The van der Waals surface area contributed by atoms with Crippen molar-refractivity contribution in [1.29, 1.82) is 0 Å². The summed E-state index contributed by atoms with van der Waals surface area (Å²) in [6, 6.07) is 0.0617. The maximum Gasteiger partial charge on any atom is 0.407 e. The van der Waals surface area contributed by atoms with Crippen LogP contribution in [0.3, 0.4) is 0 Å². The summed E-state index contributed by atoms with van der Waals surface area (Å²) in [5.74, 6) is -0.597. The van der Waals surface area contributed by atoms with Crippen LogP contribution in [-0.4, -0.2) is 29.8 Å². The van der Waals surface area contributed by atoms with Gasteiger partial charge in [0, 0.05) is 12.5 Å². The van der Waals surface area contributed by atoms with Crippen LogP contribution in [0.5, 0.6) is 0 Å². The number of hydrogen-bond donors (Lipinski definition) is 2. The minimum atomic E-state index is -0.785. The largest absolute Gasteiger partial charge is 0.481 e. The zero-order chi connectivity index (χ0) is 11.3. The van der Waals surface area contributed by atoms with E-state index in [0.29, 0.717) is 0 Å². The fourth-order valence-electron chi connectivity index (χ4n) is 1.61. The van der Waals surface area contributed by atoms with Crippen molar-refractivity contribution < 1.29 is 19.4 Å². The Morgan fingerprint density at radius 1 is 1.53 bits per heavy atom. The summed E-state index contributed by atoms with van der Waals surface area (Å²) in [6.45, 7) is 3.61. The van der Waals surface area contributed by atoms with Gasteiger partial charge in [-0.25, -0.2) is 4.79 Å². The van der Waals surface area contributed by atoms with Gasteiger partial charge in [-0.05, 0) is 18.8 Å². The Balaban J connectivity index is 2.09. The maximum absolute atomic E-state index is 11.0. The second-order valence-electron chi connectivity index (χ2n) is 3.66. The second kappa shape index (κ2) is 5.38. The van der Waals surface area contributed by atoms with Crippen LogP contribution < -0.4 is 5.32 Å². The summed E-state index contributed by atoms with van der Waals surface area (Å²) >= 11 is 0. The Hall–Kier alpha value is -1.52. The molecule has 1 rings (SSSR count). The first-order chi connectivity index (χ1) is 7.11. The van der Waals surface area contributed by atoms with E-state index in [-0.39, 0.29) is 25.0 Å². The van der Waals surface area contributed by atoms with E-state index < -0.39 is 12.1 Å². The normalized spacial score (nSPS) is 23.7. The molecule has 5 heteroatoms. The molecule has 0 bridgehead atoms. The molecule has 0 atom stereocenters. The smallest absolute Gasteiger partial charge is 0.407 e. The summed E-state index contributed by atoms with van der Waals surface area (Å²) in [5, 5.41) is 11.2. The zero-order valence-electron chi connectivity index (χ0n) is 8.44. The third-order valence-corrected chi connectivity index (χ3v) is 2.35. The van der Waals surface area contributed by atoms with Gasteiger partial charge in [-0.1, -0.05) is 12.7 Å². The molecule has 5 nitrogen and oxygen atoms in total. The van der Waals surface area contributed by atoms with Crippen molar-refractivity contribution in [3.05, 3.63) is 12.7 Å². The van der Waals surface area contributed by atoms with E-state index in [1.54, 1.807) is 0 Å². The standard InChI is InChI=1S/C10H15NO4/c1-2-3-15-10(14)11-8-4-7(5-8)6-9(12)13/h2,7-8H,1,3-6H2,(H,11,14)(H,12,13). The third kappa shape index (κ3) is 4.01. The Morgan fingerprint density at radius 3 is 2.73 bits per heavy atom. The minimum absolute atomic E-state index is 0.0617. The van der Waals surface area contributed by atoms with Gasteiger partial charge in [0.15, 0.2) is 0 Å². The topological polar surface area (TPSA) is 75.6 Å². The molecule has 0 spiro atoms. The molecule has 1 amide bonds. The monoisotopic (exact) mass is 213 g/mol. The van der Waals surface area contributed by atoms with E-state index in [2.05, 4.69) is 11.9 Å². The molecular weight excluding hydrogens is 198 g/mol. The van der Waals surface area contributed by atoms with Crippen molar-refractivity contribution >= 4 is 12.1 Å². The molecular formula is C10H15NO4. The van der Waals surface area contributed by atoms with Crippen LogP contribution in [0, 0.1) is 5.92 Å². The summed E-state index contributed by atoms with van der Waals surface area (Å²) in [6.07, 6.45) is 2.65. The lowest BCUT2D eigenvalue weighted by Crippen LogP contribution is -2.45. The van der Waals surface area contributed by atoms with E-state index in [0.717, 1.165) is 12.8 Å². The zero-order valence-corrected chi connectivity index (χ0v) is 8.44. The fourth-order valence-corrected chi connectivity index (χ4v) is 1.61. The molecule has 1 aliphatic rings. The average Bonchev–Trinajstić information content (AvgIpc) is 2.10. The van der Waals surface area contributed by atoms with Gasteiger partial charge in [0.2, 0.25) is 0 Å². The minimum Gasteiger partial charge on any atom is -0.481 e. The van der Waals surface area contributed by atoms with Crippen molar-refractivity contribution in [2.24, 2.45) is 5.92 Å². The van der Waals surface area contributed by atoms with E-state index in [1.165, 1.54) is 6.08 Å². The van der Waals surface area contributed by atoms with Crippen LogP contribution in [0.15, 0.2) is 12.7 Å². The lowest BCUT2D eigenvalue weighted by molar-refractivity contribution is -0.138. The van der Waals surface area contributed by atoms with Gasteiger partial charge in [0.25, 0.3) is 0 Å². The summed E-state index contributed by atoms with van der Waals surface area (Å²) in [5.41, 5.74) is 0. The van der Waals surface area contributed by atoms with Crippen LogP contribution in [-0.2, 0) is 9.53 Å². The molecule has 1 aliphatic carbocycles. The number of alkyl carbamates (subject to hydrolysis) is 1. The Bertz CT molecular complexity index is 258. The number of amides is 1. The van der Waals surface area contributed by atoms with Crippen LogP contribution >= 0.6 is 0 Å². The number of carboxylic acids is 1. The number of ether oxygens (including phenoxy) is 1. The van der Waals surface area contributed by atoms with Crippen molar-refractivity contribution in [2.75, 3.05) is 6.61 Å². The van der Waals surface area contributed by atoms with Crippen LogP contribution in [0.4, 0.5) is 4.79 Å². The summed E-state index contributed by atoms with van der Waals surface area (Å²) in [7, 11) is 0. The molecule has 0 saturated heterocycles. The molecule has 1 fully saturated rings. The van der Waals surface area contributed by atoms with Gasteiger partial charge in [-0.2, -0.15) is 0 Å². The number of carboxylic acid groups (broad SMARTS) is 1. The molecule has 0 aromatic carbocycles. The SMILES string of the molecule is C=CCOC(=O)NC1CC(CC(=O)O)C1. The van der Waals surface area contributed by atoms with Crippen LogP contribution in [0.2, 0.25) is 0 Å². The quantitative estimate of drug-likeness (QED) is 0.672. The molecule has 0 radical (unpaired) electrons.